The van der Waals surface area contributed by atoms with Gasteiger partial charge in [-0.3, -0.25) is 0 Å². The molecule has 0 N–H and O–H groups in total. The Kier molecular flexibility index (Phi) is 5.86. The highest BCUT2D eigenvalue weighted by Gasteiger charge is 2.14. The smallest absolute Gasteiger partial charge is 0.182 e. The Morgan fingerprint density at radius 3 is 2.27 bits per heavy atom. The van der Waals surface area contributed by atoms with Crippen molar-refractivity contribution in [3.8, 4) is 12.3 Å². The van der Waals surface area contributed by atoms with Gasteiger partial charge < -0.3 is 14.2 Å². The monoisotopic (exact) mass is 158 g/mol. The first-order valence-corrected chi connectivity index (χ1v) is 3.37. The Labute approximate surface area is 67.6 Å². The lowest BCUT2D eigenvalue weighted by molar-refractivity contribution is -0.171. The van der Waals surface area contributed by atoms with Gasteiger partial charge >= 0.3 is 0 Å². The molecule has 0 bridgehead atoms. The van der Waals surface area contributed by atoms with E-state index in [0.717, 1.165) is 0 Å². The van der Waals surface area contributed by atoms with E-state index in [1.54, 1.807) is 14.2 Å². The maximum atomic E-state index is 5.15. The van der Waals surface area contributed by atoms with Crippen LogP contribution in [0.1, 0.15) is 6.92 Å². The van der Waals surface area contributed by atoms with Crippen LogP contribution in [0.3, 0.4) is 0 Å². The zero-order valence-corrected chi connectivity index (χ0v) is 7.16. The van der Waals surface area contributed by atoms with E-state index < -0.39 is 0 Å². The van der Waals surface area contributed by atoms with Crippen LogP contribution in [0.25, 0.3) is 0 Å². The van der Waals surface area contributed by atoms with Crippen molar-refractivity contribution in [1.82, 2.24) is 0 Å². The van der Waals surface area contributed by atoms with Gasteiger partial charge in [-0.15, -0.1) is 6.42 Å². The number of hydrogen-bond acceptors (Lipinski definition) is 3. The highest BCUT2D eigenvalue weighted by atomic mass is 16.7. The molecule has 0 aromatic heterocycles. The minimum atomic E-state index is -0.344. The van der Waals surface area contributed by atoms with E-state index in [9.17, 15) is 0 Å². The molecule has 0 rings (SSSR count). The molecule has 0 aliphatic rings. The molecule has 0 aliphatic heterocycles. The SMILES string of the molecule is C#CCOC(C)C(OC)OC. The molecule has 3 nitrogen and oxygen atoms in total. The van der Waals surface area contributed by atoms with Gasteiger partial charge in [0, 0.05) is 14.2 Å². The van der Waals surface area contributed by atoms with Crippen LogP contribution in [0, 0.1) is 12.3 Å². The third-order valence-electron chi connectivity index (χ3n) is 1.28. The van der Waals surface area contributed by atoms with Gasteiger partial charge in [-0.2, -0.15) is 0 Å². The number of ether oxygens (including phenoxy) is 3. The highest BCUT2D eigenvalue weighted by molar-refractivity contribution is 4.83. The van der Waals surface area contributed by atoms with Crippen LogP contribution < -0.4 is 0 Å². The van der Waals surface area contributed by atoms with Gasteiger partial charge in [0.25, 0.3) is 0 Å². The lowest BCUT2D eigenvalue weighted by atomic mass is 10.4. The first kappa shape index (κ1) is 10.4. The average Bonchev–Trinajstić information content (AvgIpc) is 2.03. The third-order valence-corrected chi connectivity index (χ3v) is 1.28. The Bertz CT molecular complexity index is 124. The maximum absolute atomic E-state index is 5.15. The predicted molar refractivity (Wildman–Crippen MR) is 42.1 cm³/mol. The zero-order valence-electron chi connectivity index (χ0n) is 7.16. The molecular formula is C8H14O3. The first-order valence-electron chi connectivity index (χ1n) is 3.37. The molecule has 0 radical (unpaired) electrons. The fraction of sp³-hybridized carbons (Fsp3) is 0.750. The number of rotatable bonds is 5. The van der Waals surface area contributed by atoms with Crippen LogP contribution in [-0.4, -0.2) is 33.2 Å². The predicted octanol–water partition coefficient (Wildman–Crippen LogP) is 0.644. The molecule has 0 amide bonds. The number of hydrogen-bond donors (Lipinski definition) is 0. The molecule has 0 aromatic rings. The van der Waals surface area contributed by atoms with E-state index in [2.05, 4.69) is 5.92 Å². The van der Waals surface area contributed by atoms with Gasteiger partial charge in [-0.25, -0.2) is 0 Å². The molecule has 3 heteroatoms. The fourth-order valence-corrected chi connectivity index (χ4v) is 0.738. The van der Waals surface area contributed by atoms with Crippen LogP contribution >= 0.6 is 0 Å². The largest absolute Gasteiger partial charge is 0.361 e. The third kappa shape index (κ3) is 3.99. The van der Waals surface area contributed by atoms with Crippen LogP contribution in [0.15, 0.2) is 0 Å². The normalized spacial score (nSPS) is 13.0. The standard InChI is InChI=1S/C8H14O3/c1-5-6-11-7(2)8(9-3)10-4/h1,7-8H,6H2,2-4H3. The average molecular weight is 158 g/mol. The van der Waals surface area contributed by atoms with Crippen molar-refractivity contribution in [2.24, 2.45) is 0 Å². The van der Waals surface area contributed by atoms with Crippen LogP contribution in [0.4, 0.5) is 0 Å². The molecule has 0 heterocycles. The minimum Gasteiger partial charge on any atom is -0.361 e. The number of methoxy groups -OCH3 is 2. The van der Waals surface area contributed by atoms with Crippen LogP contribution in [0.5, 0.6) is 0 Å². The van der Waals surface area contributed by atoms with Gasteiger partial charge in [0.1, 0.15) is 12.7 Å². The van der Waals surface area contributed by atoms with Crippen LogP contribution in [-0.2, 0) is 14.2 Å². The summed E-state index contributed by atoms with van der Waals surface area (Å²) in [7, 11) is 3.12. The van der Waals surface area contributed by atoms with Gasteiger partial charge in [-0.1, -0.05) is 5.92 Å². The molecule has 0 saturated heterocycles. The van der Waals surface area contributed by atoms with Crippen molar-refractivity contribution >= 4 is 0 Å². The lowest BCUT2D eigenvalue weighted by Crippen LogP contribution is -2.29. The van der Waals surface area contributed by atoms with E-state index in [0.29, 0.717) is 0 Å². The Balaban J connectivity index is 3.61. The second-order valence-corrected chi connectivity index (χ2v) is 2.06. The summed E-state index contributed by atoms with van der Waals surface area (Å²) in [4.78, 5) is 0. The van der Waals surface area contributed by atoms with E-state index in [-0.39, 0.29) is 19.0 Å². The van der Waals surface area contributed by atoms with Crippen molar-refractivity contribution in [1.29, 1.82) is 0 Å². The molecule has 0 fully saturated rings. The maximum Gasteiger partial charge on any atom is 0.182 e. The molecule has 0 saturated carbocycles. The zero-order chi connectivity index (χ0) is 8.69. The summed E-state index contributed by atoms with van der Waals surface area (Å²) in [6.07, 6.45) is 4.52. The van der Waals surface area contributed by atoms with Gasteiger partial charge in [-0.05, 0) is 6.92 Å². The second-order valence-electron chi connectivity index (χ2n) is 2.06. The quantitative estimate of drug-likeness (QED) is 0.434. The Morgan fingerprint density at radius 2 is 1.91 bits per heavy atom. The minimum absolute atomic E-state index is 0.138. The molecule has 1 atom stereocenters. The second kappa shape index (κ2) is 6.17. The summed E-state index contributed by atoms with van der Waals surface area (Å²) in [5.74, 6) is 2.37. The van der Waals surface area contributed by atoms with Crippen molar-refractivity contribution < 1.29 is 14.2 Å². The molecule has 0 aromatic carbocycles. The molecule has 11 heavy (non-hydrogen) atoms. The summed E-state index contributed by atoms with van der Waals surface area (Å²) in [6, 6.07) is 0. The molecular weight excluding hydrogens is 144 g/mol. The van der Waals surface area contributed by atoms with Crippen LogP contribution in [0.2, 0.25) is 0 Å². The first-order chi connectivity index (χ1) is 5.26. The van der Waals surface area contributed by atoms with Crippen molar-refractivity contribution in [2.45, 2.75) is 19.3 Å². The summed E-state index contributed by atoms with van der Waals surface area (Å²) in [5.41, 5.74) is 0. The van der Waals surface area contributed by atoms with Gasteiger partial charge in [0.2, 0.25) is 0 Å². The van der Waals surface area contributed by atoms with Gasteiger partial charge in [0.05, 0.1) is 0 Å². The molecule has 0 aliphatic carbocycles. The summed E-state index contributed by atoms with van der Waals surface area (Å²) >= 11 is 0. The molecule has 1 unspecified atom stereocenters. The lowest BCUT2D eigenvalue weighted by Gasteiger charge is -2.20. The van der Waals surface area contributed by atoms with E-state index in [4.69, 9.17) is 20.6 Å². The van der Waals surface area contributed by atoms with E-state index in [1.807, 2.05) is 6.92 Å². The summed E-state index contributed by atoms with van der Waals surface area (Å²) in [5, 5.41) is 0. The van der Waals surface area contributed by atoms with E-state index in [1.165, 1.54) is 0 Å². The molecule has 64 valence electrons. The summed E-state index contributed by atoms with van der Waals surface area (Å²) < 4.78 is 15.0. The Hall–Kier alpha value is -0.560. The van der Waals surface area contributed by atoms with Crippen molar-refractivity contribution in [2.75, 3.05) is 20.8 Å². The van der Waals surface area contributed by atoms with Crippen molar-refractivity contribution in [3.05, 3.63) is 0 Å². The Morgan fingerprint density at radius 1 is 1.36 bits per heavy atom. The summed E-state index contributed by atoms with van der Waals surface area (Å²) in [6.45, 7) is 2.12. The topological polar surface area (TPSA) is 27.7 Å². The highest BCUT2D eigenvalue weighted by Crippen LogP contribution is 2.02. The van der Waals surface area contributed by atoms with Gasteiger partial charge in [0.15, 0.2) is 6.29 Å². The fourth-order valence-electron chi connectivity index (χ4n) is 0.738. The molecule has 0 spiro atoms. The van der Waals surface area contributed by atoms with E-state index >= 15 is 0 Å². The number of terminal acetylenes is 1. The van der Waals surface area contributed by atoms with Crippen molar-refractivity contribution in [3.63, 3.8) is 0 Å².